The van der Waals surface area contributed by atoms with Crippen molar-refractivity contribution in [2.75, 3.05) is 13.2 Å². The Bertz CT molecular complexity index is 672. The van der Waals surface area contributed by atoms with Crippen molar-refractivity contribution in [1.82, 2.24) is 10.3 Å². The first-order valence-corrected chi connectivity index (χ1v) is 7.85. The van der Waals surface area contributed by atoms with Crippen LogP contribution >= 0.6 is 22.9 Å². The second-order valence-electron chi connectivity index (χ2n) is 4.50. The molecular weight excluding hydrogens is 324 g/mol. The Hall–Kier alpha value is -1.92. The van der Waals surface area contributed by atoms with Crippen molar-refractivity contribution in [3.05, 3.63) is 45.4 Å². The van der Waals surface area contributed by atoms with Crippen molar-refractivity contribution in [3.8, 4) is 5.75 Å². The molecule has 2 aromatic heterocycles. The van der Waals surface area contributed by atoms with E-state index in [1.165, 1.54) is 18.3 Å². The summed E-state index contributed by atoms with van der Waals surface area (Å²) < 4.78 is 5.38. The molecule has 0 aliphatic heterocycles. The zero-order chi connectivity index (χ0) is 15.9. The van der Waals surface area contributed by atoms with E-state index in [9.17, 15) is 9.59 Å². The number of ketones is 1. The Morgan fingerprint density at radius 2 is 2.18 bits per heavy atom. The number of thiophene rings is 1. The number of ether oxygens (including phenoxy) is 1. The highest BCUT2D eigenvalue weighted by molar-refractivity contribution is 7.14. The molecule has 2 rings (SSSR count). The first-order chi connectivity index (χ1) is 10.6. The van der Waals surface area contributed by atoms with E-state index in [0.29, 0.717) is 23.6 Å². The molecule has 0 fully saturated rings. The van der Waals surface area contributed by atoms with Crippen LogP contribution < -0.4 is 10.1 Å². The minimum Gasteiger partial charge on any atom is -0.482 e. The van der Waals surface area contributed by atoms with Gasteiger partial charge in [0, 0.05) is 24.5 Å². The van der Waals surface area contributed by atoms with Crippen molar-refractivity contribution < 1.29 is 14.3 Å². The topological polar surface area (TPSA) is 68.3 Å². The summed E-state index contributed by atoms with van der Waals surface area (Å²) >= 11 is 7.26. The van der Waals surface area contributed by atoms with Crippen LogP contribution in [0, 0.1) is 0 Å². The molecule has 0 radical (unpaired) electrons. The predicted octanol–water partition coefficient (Wildman–Crippen LogP) is 2.74. The SMILES string of the molecule is CC(=O)NCCc1ccc(C(=O)COc2cccnc2Cl)s1. The lowest BCUT2D eigenvalue weighted by molar-refractivity contribution is -0.118. The molecule has 0 bridgehead atoms. The smallest absolute Gasteiger partial charge is 0.216 e. The molecule has 1 N–H and O–H groups in total. The number of nitrogens with zero attached hydrogens (tertiary/aromatic N) is 1. The van der Waals surface area contributed by atoms with Gasteiger partial charge in [-0.05, 0) is 30.7 Å². The quantitative estimate of drug-likeness (QED) is 0.622. The van der Waals surface area contributed by atoms with Gasteiger partial charge in [0.15, 0.2) is 17.5 Å². The lowest BCUT2D eigenvalue weighted by Gasteiger charge is -2.05. The van der Waals surface area contributed by atoms with E-state index in [1.54, 1.807) is 24.4 Å². The van der Waals surface area contributed by atoms with Gasteiger partial charge in [0.05, 0.1) is 4.88 Å². The molecule has 7 heteroatoms. The van der Waals surface area contributed by atoms with E-state index < -0.39 is 0 Å². The third-order valence-electron chi connectivity index (χ3n) is 2.77. The second kappa shape index (κ2) is 7.91. The summed E-state index contributed by atoms with van der Waals surface area (Å²) in [5.41, 5.74) is 0. The zero-order valence-corrected chi connectivity index (χ0v) is 13.5. The van der Waals surface area contributed by atoms with Gasteiger partial charge in [-0.3, -0.25) is 9.59 Å². The first-order valence-electron chi connectivity index (χ1n) is 6.66. The van der Waals surface area contributed by atoms with Gasteiger partial charge in [0.25, 0.3) is 0 Å². The van der Waals surface area contributed by atoms with Crippen LogP contribution in [0.25, 0.3) is 0 Å². The number of hydrogen-bond donors (Lipinski definition) is 1. The van der Waals surface area contributed by atoms with Crippen molar-refractivity contribution in [2.24, 2.45) is 0 Å². The molecule has 0 aliphatic rings. The van der Waals surface area contributed by atoms with Crippen LogP contribution in [0.2, 0.25) is 5.15 Å². The number of hydrogen-bond acceptors (Lipinski definition) is 5. The van der Waals surface area contributed by atoms with Gasteiger partial charge in [-0.15, -0.1) is 11.3 Å². The maximum Gasteiger partial charge on any atom is 0.216 e. The number of carbonyl (C=O) groups excluding carboxylic acids is 2. The van der Waals surface area contributed by atoms with Gasteiger partial charge in [-0.25, -0.2) is 4.98 Å². The summed E-state index contributed by atoms with van der Waals surface area (Å²) in [7, 11) is 0. The van der Waals surface area contributed by atoms with Crippen molar-refractivity contribution in [2.45, 2.75) is 13.3 Å². The highest BCUT2D eigenvalue weighted by Crippen LogP contribution is 2.22. The Labute approximate surface area is 137 Å². The molecule has 22 heavy (non-hydrogen) atoms. The molecule has 0 aromatic carbocycles. The molecule has 0 saturated carbocycles. The molecule has 2 heterocycles. The monoisotopic (exact) mass is 338 g/mol. The van der Waals surface area contributed by atoms with Crippen LogP contribution in [0.4, 0.5) is 0 Å². The molecule has 1 amide bonds. The van der Waals surface area contributed by atoms with Gasteiger partial charge >= 0.3 is 0 Å². The number of nitrogens with one attached hydrogen (secondary N) is 1. The molecular formula is C15H15ClN2O3S. The lowest BCUT2D eigenvalue weighted by atomic mass is 10.3. The van der Waals surface area contributed by atoms with Gasteiger partial charge in [0.2, 0.25) is 11.7 Å². The number of amides is 1. The molecule has 0 aliphatic carbocycles. The van der Waals surface area contributed by atoms with Crippen molar-refractivity contribution in [1.29, 1.82) is 0 Å². The Morgan fingerprint density at radius 3 is 2.91 bits per heavy atom. The fourth-order valence-electron chi connectivity index (χ4n) is 1.72. The molecule has 0 spiro atoms. The summed E-state index contributed by atoms with van der Waals surface area (Å²) in [5.74, 6) is 0.213. The largest absolute Gasteiger partial charge is 0.482 e. The van der Waals surface area contributed by atoms with Crippen LogP contribution in [0.5, 0.6) is 5.75 Å². The van der Waals surface area contributed by atoms with Crippen LogP contribution in [0.3, 0.4) is 0 Å². The Morgan fingerprint density at radius 1 is 1.36 bits per heavy atom. The van der Waals surface area contributed by atoms with Crippen LogP contribution in [0.15, 0.2) is 30.5 Å². The highest BCUT2D eigenvalue weighted by atomic mass is 35.5. The van der Waals surface area contributed by atoms with E-state index >= 15 is 0 Å². The number of pyridine rings is 1. The van der Waals surface area contributed by atoms with Crippen LogP contribution in [0.1, 0.15) is 21.5 Å². The van der Waals surface area contributed by atoms with E-state index in [1.807, 2.05) is 6.07 Å². The molecule has 0 saturated heterocycles. The molecule has 116 valence electrons. The molecule has 0 atom stereocenters. The summed E-state index contributed by atoms with van der Waals surface area (Å²) in [6.07, 6.45) is 2.25. The number of halogens is 1. The molecule has 5 nitrogen and oxygen atoms in total. The lowest BCUT2D eigenvalue weighted by Crippen LogP contribution is -2.22. The normalized spacial score (nSPS) is 10.3. The fraction of sp³-hybridized carbons (Fsp3) is 0.267. The van der Waals surface area contributed by atoms with E-state index in [-0.39, 0.29) is 23.5 Å². The molecule has 0 unspecified atom stereocenters. The Kier molecular flexibility index (Phi) is 5.91. The van der Waals surface area contributed by atoms with Crippen LogP contribution in [-0.2, 0) is 11.2 Å². The minimum absolute atomic E-state index is 0.0606. The van der Waals surface area contributed by atoms with E-state index in [0.717, 1.165) is 4.88 Å². The third kappa shape index (κ3) is 4.82. The van der Waals surface area contributed by atoms with E-state index in [2.05, 4.69) is 10.3 Å². The summed E-state index contributed by atoms with van der Waals surface area (Å²) in [6, 6.07) is 7.01. The van der Waals surface area contributed by atoms with Gasteiger partial charge in [0.1, 0.15) is 0 Å². The van der Waals surface area contributed by atoms with Crippen molar-refractivity contribution >= 4 is 34.6 Å². The highest BCUT2D eigenvalue weighted by Gasteiger charge is 2.11. The van der Waals surface area contributed by atoms with Gasteiger partial charge in [-0.1, -0.05) is 11.6 Å². The third-order valence-corrected chi connectivity index (χ3v) is 4.24. The Balaban J connectivity index is 1.86. The summed E-state index contributed by atoms with van der Waals surface area (Å²) in [4.78, 5) is 28.4. The summed E-state index contributed by atoms with van der Waals surface area (Å²) in [6.45, 7) is 1.95. The number of Topliss-reactive ketones (excluding diaryl/α,β-unsaturated/α-hetero) is 1. The average Bonchev–Trinajstić information content (AvgIpc) is 2.94. The maximum atomic E-state index is 12.1. The standard InChI is InChI=1S/C15H15ClN2O3S/c1-10(19)17-8-6-11-4-5-14(22-11)12(20)9-21-13-3-2-7-18-15(13)16/h2-5,7H,6,8-9H2,1H3,(H,17,19). The second-order valence-corrected chi connectivity index (χ2v) is 6.03. The van der Waals surface area contributed by atoms with E-state index in [4.69, 9.17) is 16.3 Å². The number of aromatic nitrogens is 1. The number of rotatable bonds is 7. The van der Waals surface area contributed by atoms with Gasteiger partial charge < -0.3 is 10.1 Å². The number of carbonyl (C=O) groups is 2. The molecule has 2 aromatic rings. The van der Waals surface area contributed by atoms with Crippen molar-refractivity contribution in [3.63, 3.8) is 0 Å². The first kappa shape index (κ1) is 16.5. The predicted molar refractivity (Wildman–Crippen MR) is 85.8 cm³/mol. The summed E-state index contributed by atoms with van der Waals surface area (Å²) in [5, 5.41) is 2.96. The average molecular weight is 339 g/mol. The zero-order valence-electron chi connectivity index (χ0n) is 12.0. The minimum atomic E-state index is -0.115. The van der Waals surface area contributed by atoms with Gasteiger partial charge in [-0.2, -0.15) is 0 Å². The van der Waals surface area contributed by atoms with Crippen LogP contribution in [-0.4, -0.2) is 29.8 Å². The maximum absolute atomic E-state index is 12.1. The fourth-order valence-corrected chi connectivity index (χ4v) is 2.82.